The molecule has 2 saturated heterocycles. The van der Waals surface area contributed by atoms with E-state index < -0.39 is 0 Å². The zero-order valence-electron chi connectivity index (χ0n) is 12.1. The van der Waals surface area contributed by atoms with Crippen LogP contribution < -0.4 is 0 Å². The van der Waals surface area contributed by atoms with Crippen molar-refractivity contribution in [2.24, 2.45) is 5.41 Å². The SMILES string of the molecule is CN1CCC2(CC1)C(=O)N(C)CC2c1ccc(F)cc1. The van der Waals surface area contributed by atoms with E-state index >= 15 is 0 Å². The van der Waals surface area contributed by atoms with Crippen molar-refractivity contribution in [1.29, 1.82) is 0 Å². The molecule has 1 aromatic carbocycles. The van der Waals surface area contributed by atoms with Gasteiger partial charge in [0, 0.05) is 19.5 Å². The maximum Gasteiger partial charge on any atom is 0.229 e. The Balaban J connectivity index is 1.96. The van der Waals surface area contributed by atoms with Crippen LogP contribution >= 0.6 is 0 Å². The fourth-order valence-corrected chi connectivity index (χ4v) is 3.76. The average Bonchev–Trinajstić information content (AvgIpc) is 2.68. The van der Waals surface area contributed by atoms with Gasteiger partial charge in [-0.3, -0.25) is 4.79 Å². The quantitative estimate of drug-likeness (QED) is 0.784. The highest BCUT2D eigenvalue weighted by Gasteiger charge is 2.53. The number of carbonyl (C=O) groups excluding carboxylic acids is 1. The zero-order valence-corrected chi connectivity index (χ0v) is 12.1. The van der Waals surface area contributed by atoms with Crippen LogP contribution in [0.2, 0.25) is 0 Å². The molecule has 108 valence electrons. The Kier molecular flexibility index (Phi) is 3.28. The van der Waals surface area contributed by atoms with Crippen LogP contribution in [0.3, 0.4) is 0 Å². The largest absolute Gasteiger partial charge is 0.345 e. The van der Waals surface area contributed by atoms with Crippen LogP contribution in [0.25, 0.3) is 0 Å². The van der Waals surface area contributed by atoms with Gasteiger partial charge in [-0.05, 0) is 50.7 Å². The number of halogens is 1. The Morgan fingerprint density at radius 3 is 2.35 bits per heavy atom. The van der Waals surface area contributed by atoms with E-state index in [1.165, 1.54) is 12.1 Å². The average molecular weight is 276 g/mol. The van der Waals surface area contributed by atoms with Gasteiger partial charge in [0.05, 0.1) is 5.41 Å². The summed E-state index contributed by atoms with van der Waals surface area (Å²) in [5.41, 5.74) is 0.813. The van der Waals surface area contributed by atoms with Gasteiger partial charge < -0.3 is 9.80 Å². The summed E-state index contributed by atoms with van der Waals surface area (Å²) < 4.78 is 13.1. The number of amides is 1. The van der Waals surface area contributed by atoms with Gasteiger partial charge in [-0.15, -0.1) is 0 Å². The normalized spacial score (nSPS) is 26.4. The number of likely N-dealkylation sites (N-methyl/N-ethyl adjacent to an activating group) is 1. The van der Waals surface area contributed by atoms with Gasteiger partial charge in [-0.25, -0.2) is 4.39 Å². The fraction of sp³-hybridized carbons (Fsp3) is 0.562. The number of benzene rings is 1. The molecule has 0 aromatic heterocycles. The van der Waals surface area contributed by atoms with Crippen LogP contribution in [-0.4, -0.2) is 49.4 Å². The summed E-state index contributed by atoms with van der Waals surface area (Å²) in [5, 5.41) is 0. The lowest BCUT2D eigenvalue weighted by molar-refractivity contribution is -0.137. The molecule has 1 amide bonds. The van der Waals surface area contributed by atoms with E-state index in [9.17, 15) is 9.18 Å². The van der Waals surface area contributed by atoms with Crippen molar-refractivity contribution in [3.63, 3.8) is 0 Å². The summed E-state index contributed by atoms with van der Waals surface area (Å²) in [6.07, 6.45) is 1.80. The van der Waals surface area contributed by atoms with Crippen molar-refractivity contribution in [2.75, 3.05) is 33.7 Å². The summed E-state index contributed by atoms with van der Waals surface area (Å²) in [5.74, 6) is 0.234. The number of nitrogens with zero attached hydrogens (tertiary/aromatic N) is 2. The molecule has 2 aliphatic heterocycles. The molecule has 2 aliphatic rings. The number of carbonyl (C=O) groups is 1. The van der Waals surface area contributed by atoms with Crippen LogP contribution in [-0.2, 0) is 4.79 Å². The summed E-state index contributed by atoms with van der Waals surface area (Å²) in [7, 11) is 3.98. The van der Waals surface area contributed by atoms with Crippen molar-refractivity contribution < 1.29 is 9.18 Å². The van der Waals surface area contributed by atoms with Gasteiger partial charge in [0.1, 0.15) is 5.82 Å². The lowest BCUT2D eigenvalue weighted by Gasteiger charge is -2.39. The second kappa shape index (κ2) is 4.85. The molecule has 2 heterocycles. The monoisotopic (exact) mass is 276 g/mol. The topological polar surface area (TPSA) is 23.6 Å². The minimum atomic E-state index is -0.279. The first-order valence-electron chi connectivity index (χ1n) is 7.22. The molecule has 2 fully saturated rings. The molecule has 4 heteroatoms. The molecule has 0 saturated carbocycles. The highest BCUT2D eigenvalue weighted by molar-refractivity contribution is 5.86. The predicted octanol–water partition coefficient (Wildman–Crippen LogP) is 2.09. The van der Waals surface area contributed by atoms with Gasteiger partial charge in [0.25, 0.3) is 0 Å². The smallest absolute Gasteiger partial charge is 0.229 e. The number of hydrogen-bond acceptors (Lipinski definition) is 2. The van der Waals surface area contributed by atoms with Crippen LogP contribution in [0, 0.1) is 11.2 Å². The third-order valence-electron chi connectivity index (χ3n) is 5.05. The summed E-state index contributed by atoms with van der Waals surface area (Å²) in [4.78, 5) is 16.8. The molecular weight excluding hydrogens is 255 g/mol. The van der Waals surface area contributed by atoms with Crippen molar-refractivity contribution in [3.05, 3.63) is 35.6 Å². The van der Waals surface area contributed by atoms with E-state index in [1.807, 2.05) is 24.1 Å². The third-order valence-corrected chi connectivity index (χ3v) is 5.05. The summed E-state index contributed by atoms with van der Waals surface area (Å²) in [6, 6.07) is 6.68. The lowest BCUT2D eigenvalue weighted by atomic mass is 9.68. The molecular formula is C16H21FN2O. The van der Waals surface area contributed by atoms with Gasteiger partial charge >= 0.3 is 0 Å². The van der Waals surface area contributed by atoms with E-state index in [1.54, 1.807) is 0 Å². The molecule has 1 unspecified atom stereocenters. The van der Waals surface area contributed by atoms with Gasteiger partial charge in [0.15, 0.2) is 0 Å². The van der Waals surface area contributed by atoms with E-state index in [0.717, 1.165) is 38.0 Å². The molecule has 0 radical (unpaired) electrons. The van der Waals surface area contributed by atoms with Gasteiger partial charge in [-0.1, -0.05) is 12.1 Å². The third kappa shape index (κ3) is 2.03. The van der Waals surface area contributed by atoms with Crippen LogP contribution in [0.1, 0.15) is 24.3 Å². The van der Waals surface area contributed by atoms with Gasteiger partial charge in [0.2, 0.25) is 5.91 Å². The fourth-order valence-electron chi connectivity index (χ4n) is 3.76. The van der Waals surface area contributed by atoms with Crippen molar-refractivity contribution in [1.82, 2.24) is 9.80 Å². The first-order chi connectivity index (χ1) is 9.53. The first kappa shape index (κ1) is 13.6. The maximum absolute atomic E-state index is 13.1. The Labute approximate surface area is 119 Å². The Hall–Kier alpha value is -1.42. The Bertz CT molecular complexity index is 506. The van der Waals surface area contributed by atoms with E-state index in [-0.39, 0.29) is 23.1 Å². The molecule has 1 atom stereocenters. The Morgan fingerprint density at radius 1 is 1.15 bits per heavy atom. The summed E-state index contributed by atoms with van der Waals surface area (Å²) in [6.45, 7) is 2.66. The number of piperidine rings is 1. The number of rotatable bonds is 1. The molecule has 3 rings (SSSR count). The molecule has 1 aromatic rings. The number of likely N-dealkylation sites (tertiary alicyclic amines) is 2. The highest BCUT2D eigenvalue weighted by Crippen LogP contribution is 2.50. The van der Waals surface area contributed by atoms with E-state index in [4.69, 9.17) is 0 Å². The minimum absolute atomic E-state index is 0.189. The van der Waals surface area contributed by atoms with E-state index in [0.29, 0.717) is 0 Å². The predicted molar refractivity (Wildman–Crippen MR) is 75.9 cm³/mol. The minimum Gasteiger partial charge on any atom is -0.345 e. The van der Waals surface area contributed by atoms with Crippen LogP contribution in [0.4, 0.5) is 4.39 Å². The Morgan fingerprint density at radius 2 is 1.75 bits per heavy atom. The first-order valence-corrected chi connectivity index (χ1v) is 7.22. The molecule has 0 aliphatic carbocycles. The van der Waals surface area contributed by atoms with Crippen LogP contribution in [0.15, 0.2) is 24.3 Å². The molecule has 0 bridgehead atoms. The summed E-state index contributed by atoms with van der Waals surface area (Å²) >= 11 is 0. The van der Waals surface area contributed by atoms with Crippen molar-refractivity contribution >= 4 is 5.91 Å². The zero-order chi connectivity index (χ0) is 14.3. The molecule has 1 spiro atoms. The second-order valence-electron chi connectivity index (χ2n) is 6.25. The molecule has 3 nitrogen and oxygen atoms in total. The highest BCUT2D eigenvalue weighted by atomic mass is 19.1. The van der Waals surface area contributed by atoms with Crippen molar-refractivity contribution in [2.45, 2.75) is 18.8 Å². The van der Waals surface area contributed by atoms with Gasteiger partial charge in [-0.2, -0.15) is 0 Å². The van der Waals surface area contributed by atoms with Crippen molar-refractivity contribution in [3.8, 4) is 0 Å². The number of hydrogen-bond donors (Lipinski definition) is 0. The molecule has 20 heavy (non-hydrogen) atoms. The standard InChI is InChI=1S/C16H21FN2O/c1-18-9-7-16(8-10-18)14(11-19(2)15(16)20)12-3-5-13(17)6-4-12/h3-6,14H,7-11H2,1-2H3. The van der Waals surface area contributed by atoms with Crippen LogP contribution in [0.5, 0.6) is 0 Å². The maximum atomic E-state index is 13.1. The van der Waals surface area contributed by atoms with E-state index in [2.05, 4.69) is 11.9 Å². The second-order valence-corrected chi connectivity index (χ2v) is 6.25. The lowest BCUT2D eigenvalue weighted by Crippen LogP contribution is -2.44. The molecule has 0 N–H and O–H groups in total.